The van der Waals surface area contributed by atoms with Crippen LogP contribution in [0.3, 0.4) is 0 Å². The molecule has 4 nitrogen and oxygen atoms in total. The fourth-order valence-corrected chi connectivity index (χ4v) is 5.66. The van der Waals surface area contributed by atoms with Crippen LogP contribution >= 0.6 is 0 Å². The highest BCUT2D eigenvalue weighted by Gasteiger charge is 2.34. The molecule has 2 atom stereocenters. The van der Waals surface area contributed by atoms with Crippen LogP contribution in [0.5, 0.6) is 0 Å². The molecule has 1 fully saturated rings. The molecule has 0 aliphatic carbocycles. The first-order valence-corrected chi connectivity index (χ1v) is 12.9. The van der Waals surface area contributed by atoms with Gasteiger partial charge in [0.05, 0.1) is 11.6 Å². The van der Waals surface area contributed by atoms with E-state index in [-0.39, 0.29) is 18.0 Å². The Morgan fingerprint density at radius 1 is 0.919 bits per heavy atom. The average molecular weight is 508 g/mol. The van der Waals surface area contributed by atoms with E-state index >= 15 is 0 Å². The van der Waals surface area contributed by atoms with Gasteiger partial charge < -0.3 is 15.1 Å². The maximum Gasteiger partial charge on any atom is 0.416 e. The van der Waals surface area contributed by atoms with Crippen LogP contribution in [-0.2, 0) is 11.0 Å². The maximum absolute atomic E-state index is 13.3. The lowest BCUT2D eigenvalue weighted by Gasteiger charge is -2.40. The highest BCUT2D eigenvalue weighted by atomic mass is 19.4. The molecule has 1 saturated heterocycles. The molecule has 7 heteroatoms. The van der Waals surface area contributed by atoms with Crippen molar-refractivity contribution in [3.8, 4) is 11.1 Å². The molecule has 1 N–H and O–H groups in total. The second-order valence-electron chi connectivity index (χ2n) is 10.1. The third-order valence-corrected chi connectivity index (χ3v) is 7.47. The molecule has 3 aromatic carbocycles. The van der Waals surface area contributed by atoms with E-state index in [0.29, 0.717) is 12.1 Å². The number of hydrogen-bond acceptors (Lipinski definition) is 3. The number of nitrogens with zero attached hydrogens (tertiary/aromatic N) is 2. The van der Waals surface area contributed by atoms with Crippen molar-refractivity contribution in [3.63, 3.8) is 0 Å². The summed E-state index contributed by atoms with van der Waals surface area (Å²) >= 11 is 0. The van der Waals surface area contributed by atoms with Crippen molar-refractivity contribution < 1.29 is 18.0 Å². The molecule has 5 rings (SSSR count). The number of nitrogens with one attached hydrogen (secondary N) is 1. The van der Waals surface area contributed by atoms with Gasteiger partial charge in [0.15, 0.2) is 0 Å². The SMILES string of the molecule is CC(=O)N1c2ccc(-c3ccc(N4CCCCC4)cc3)cc2[C@@H](Nc2cccc(C(F)(F)F)c2)C[C@H]1C. The summed E-state index contributed by atoms with van der Waals surface area (Å²) in [6, 6.07) is 19.6. The Morgan fingerprint density at radius 3 is 2.30 bits per heavy atom. The molecule has 0 unspecified atom stereocenters. The quantitative estimate of drug-likeness (QED) is 0.394. The van der Waals surface area contributed by atoms with Gasteiger partial charge in [0.2, 0.25) is 5.91 Å². The van der Waals surface area contributed by atoms with Crippen LogP contribution in [-0.4, -0.2) is 25.0 Å². The molecule has 0 radical (unpaired) electrons. The first-order chi connectivity index (χ1) is 17.7. The Labute approximate surface area is 216 Å². The number of rotatable bonds is 4. The van der Waals surface area contributed by atoms with Gasteiger partial charge in [-0.1, -0.05) is 24.3 Å². The van der Waals surface area contributed by atoms with Crippen molar-refractivity contribution in [1.29, 1.82) is 0 Å². The Hall–Kier alpha value is -3.48. The lowest BCUT2D eigenvalue weighted by molar-refractivity contribution is -0.137. The van der Waals surface area contributed by atoms with E-state index in [4.69, 9.17) is 0 Å². The van der Waals surface area contributed by atoms with Gasteiger partial charge in [-0.25, -0.2) is 0 Å². The van der Waals surface area contributed by atoms with Gasteiger partial charge in [-0.05, 0) is 91.8 Å². The lowest BCUT2D eigenvalue weighted by Crippen LogP contribution is -2.43. The van der Waals surface area contributed by atoms with E-state index in [1.807, 2.05) is 19.1 Å². The number of amides is 1. The monoisotopic (exact) mass is 507 g/mol. The summed E-state index contributed by atoms with van der Waals surface area (Å²) in [5.74, 6) is -0.0510. The predicted octanol–water partition coefficient (Wildman–Crippen LogP) is 7.66. The summed E-state index contributed by atoms with van der Waals surface area (Å²) in [4.78, 5) is 16.7. The van der Waals surface area contributed by atoms with E-state index in [1.54, 1.807) is 17.9 Å². The van der Waals surface area contributed by atoms with Gasteiger partial charge in [0.25, 0.3) is 0 Å². The highest BCUT2D eigenvalue weighted by molar-refractivity contribution is 5.94. The molecule has 1 amide bonds. The van der Waals surface area contributed by atoms with E-state index < -0.39 is 11.7 Å². The zero-order valence-corrected chi connectivity index (χ0v) is 21.2. The number of carbonyl (C=O) groups is 1. The Kier molecular flexibility index (Phi) is 6.88. The summed E-state index contributed by atoms with van der Waals surface area (Å²) in [6.45, 7) is 5.69. The molecular formula is C30H32F3N3O. The van der Waals surface area contributed by atoms with Gasteiger partial charge in [-0.3, -0.25) is 4.79 Å². The number of piperidine rings is 1. The van der Waals surface area contributed by atoms with Gasteiger partial charge in [0.1, 0.15) is 0 Å². The van der Waals surface area contributed by atoms with Crippen molar-refractivity contribution in [2.45, 2.75) is 57.8 Å². The molecule has 0 saturated carbocycles. The maximum atomic E-state index is 13.3. The molecule has 0 spiro atoms. The minimum Gasteiger partial charge on any atom is -0.378 e. The number of alkyl halides is 3. The number of halogens is 3. The van der Waals surface area contributed by atoms with Crippen LogP contribution in [0.25, 0.3) is 11.1 Å². The van der Waals surface area contributed by atoms with E-state index in [2.05, 4.69) is 40.5 Å². The lowest BCUT2D eigenvalue weighted by atomic mass is 9.88. The van der Waals surface area contributed by atoms with Crippen LogP contribution in [0.1, 0.15) is 56.7 Å². The number of benzene rings is 3. The molecular weight excluding hydrogens is 475 g/mol. The van der Waals surface area contributed by atoms with Crippen LogP contribution in [0.2, 0.25) is 0 Å². The highest BCUT2D eigenvalue weighted by Crippen LogP contribution is 2.42. The number of fused-ring (bicyclic) bond motifs is 1. The van der Waals surface area contributed by atoms with E-state index in [9.17, 15) is 18.0 Å². The fraction of sp³-hybridized carbons (Fsp3) is 0.367. The third-order valence-electron chi connectivity index (χ3n) is 7.47. The van der Waals surface area contributed by atoms with Crippen molar-refractivity contribution in [2.75, 3.05) is 28.2 Å². The first kappa shape index (κ1) is 25.2. The second kappa shape index (κ2) is 10.1. The second-order valence-corrected chi connectivity index (χ2v) is 10.1. The average Bonchev–Trinajstić information content (AvgIpc) is 2.88. The number of hydrogen-bond donors (Lipinski definition) is 1. The normalized spacial score (nSPS) is 19.9. The number of carbonyl (C=O) groups excluding carboxylic acids is 1. The predicted molar refractivity (Wildman–Crippen MR) is 143 cm³/mol. The molecule has 2 aliphatic heterocycles. The smallest absolute Gasteiger partial charge is 0.378 e. The summed E-state index contributed by atoms with van der Waals surface area (Å²) in [6.07, 6.45) is -0.0975. The van der Waals surface area contributed by atoms with Gasteiger partial charge in [-0.15, -0.1) is 0 Å². The van der Waals surface area contributed by atoms with E-state index in [1.165, 1.54) is 31.0 Å². The standard InChI is InChI=1S/C30H32F3N3O/c1-20-17-28(34-25-8-6-7-24(19-25)30(31,32)33)27-18-23(11-14-29(27)36(20)21(2)37)22-9-12-26(13-10-22)35-15-4-3-5-16-35/h6-14,18-20,28,34H,3-5,15-17H2,1-2H3/t20-,28+/m1/s1. The van der Waals surface area contributed by atoms with Crippen molar-refractivity contribution >= 4 is 23.0 Å². The van der Waals surface area contributed by atoms with Gasteiger partial charge in [0, 0.05) is 43.1 Å². The largest absolute Gasteiger partial charge is 0.416 e. The van der Waals surface area contributed by atoms with Crippen molar-refractivity contribution in [1.82, 2.24) is 0 Å². The van der Waals surface area contributed by atoms with E-state index in [0.717, 1.165) is 47.6 Å². The fourth-order valence-electron chi connectivity index (χ4n) is 5.66. The zero-order chi connectivity index (χ0) is 26.2. The zero-order valence-electron chi connectivity index (χ0n) is 21.2. The van der Waals surface area contributed by atoms with Gasteiger partial charge >= 0.3 is 6.18 Å². The third kappa shape index (κ3) is 5.31. The minimum atomic E-state index is -4.41. The molecule has 37 heavy (non-hydrogen) atoms. The summed E-state index contributed by atoms with van der Waals surface area (Å²) in [5, 5.41) is 3.33. The Bertz CT molecular complexity index is 1270. The number of anilines is 3. The summed E-state index contributed by atoms with van der Waals surface area (Å²) in [5.41, 5.74) is 4.72. The molecule has 2 aliphatic rings. The molecule has 0 aromatic heterocycles. The van der Waals surface area contributed by atoms with Crippen LogP contribution < -0.4 is 15.1 Å². The van der Waals surface area contributed by atoms with Crippen molar-refractivity contribution in [3.05, 3.63) is 77.9 Å². The molecule has 194 valence electrons. The van der Waals surface area contributed by atoms with Crippen LogP contribution in [0.15, 0.2) is 66.7 Å². The Morgan fingerprint density at radius 2 is 1.62 bits per heavy atom. The Balaban J connectivity index is 1.48. The van der Waals surface area contributed by atoms with Crippen LogP contribution in [0.4, 0.5) is 30.2 Å². The molecule has 2 heterocycles. The minimum absolute atomic E-state index is 0.0510. The van der Waals surface area contributed by atoms with Crippen LogP contribution in [0, 0.1) is 0 Å². The van der Waals surface area contributed by atoms with Crippen molar-refractivity contribution in [2.24, 2.45) is 0 Å². The molecule has 0 bridgehead atoms. The topological polar surface area (TPSA) is 35.6 Å². The first-order valence-electron chi connectivity index (χ1n) is 12.9. The molecule has 3 aromatic rings. The summed E-state index contributed by atoms with van der Waals surface area (Å²) < 4.78 is 39.9. The van der Waals surface area contributed by atoms with Gasteiger partial charge in [-0.2, -0.15) is 13.2 Å². The summed E-state index contributed by atoms with van der Waals surface area (Å²) in [7, 11) is 0.